The van der Waals surface area contributed by atoms with Crippen molar-refractivity contribution in [1.82, 2.24) is 14.8 Å². The predicted octanol–water partition coefficient (Wildman–Crippen LogP) is 3.58. The van der Waals surface area contributed by atoms with Crippen LogP contribution in [-0.4, -0.2) is 27.7 Å². The van der Waals surface area contributed by atoms with Gasteiger partial charge in [-0.15, -0.1) is 10.2 Å². The van der Waals surface area contributed by atoms with Crippen LogP contribution in [0.2, 0.25) is 0 Å². The zero-order valence-electron chi connectivity index (χ0n) is 13.6. The molecule has 3 rings (SSSR count). The SMILES string of the molecule is COc1ccc(C(C)=O)cc1CSc1nnc(-c2ccco2)n1C. The highest BCUT2D eigenvalue weighted by Gasteiger charge is 2.14. The van der Waals surface area contributed by atoms with Crippen LogP contribution in [0.1, 0.15) is 22.8 Å². The fourth-order valence-corrected chi connectivity index (χ4v) is 3.20. The lowest BCUT2D eigenvalue weighted by molar-refractivity contribution is 0.101. The van der Waals surface area contributed by atoms with Gasteiger partial charge in [0.05, 0.1) is 13.4 Å². The molecule has 0 aliphatic heterocycles. The standard InChI is InChI=1S/C17H17N3O3S/c1-11(21)12-6-7-14(22-3)13(9-12)10-24-17-19-18-16(20(17)2)15-5-4-8-23-15/h4-9H,10H2,1-3H3. The molecule has 0 bridgehead atoms. The Labute approximate surface area is 143 Å². The number of ketones is 1. The highest BCUT2D eigenvalue weighted by atomic mass is 32.2. The molecule has 2 heterocycles. The van der Waals surface area contributed by atoms with Gasteiger partial charge >= 0.3 is 0 Å². The van der Waals surface area contributed by atoms with E-state index in [0.717, 1.165) is 16.5 Å². The number of ether oxygens (including phenoxy) is 1. The highest BCUT2D eigenvalue weighted by Crippen LogP contribution is 2.29. The van der Waals surface area contributed by atoms with Crippen molar-refractivity contribution in [3.63, 3.8) is 0 Å². The van der Waals surface area contributed by atoms with Gasteiger partial charge in [-0.1, -0.05) is 11.8 Å². The number of carbonyl (C=O) groups excluding carboxylic acids is 1. The van der Waals surface area contributed by atoms with Crippen molar-refractivity contribution in [2.75, 3.05) is 7.11 Å². The number of nitrogens with zero attached hydrogens (tertiary/aromatic N) is 3. The molecule has 24 heavy (non-hydrogen) atoms. The van der Waals surface area contributed by atoms with Crippen LogP contribution in [0.5, 0.6) is 5.75 Å². The van der Waals surface area contributed by atoms with Crippen LogP contribution in [0.4, 0.5) is 0 Å². The number of aromatic nitrogens is 3. The third-order valence-electron chi connectivity index (χ3n) is 3.62. The first kappa shape index (κ1) is 16.3. The van der Waals surface area contributed by atoms with Crippen molar-refractivity contribution in [2.45, 2.75) is 17.8 Å². The van der Waals surface area contributed by atoms with E-state index in [1.807, 2.05) is 35.9 Å². The normalized spacial score (nSPS) is 10.8. The Morgan fingerprint density at radius 3 is 2.83 bits per heavy atom. The van der Waals surface area contributed by atoms with Crippen LogP contribution in [0.25, 0.3) is 11.6 Å². The first-order chi connectivity index (χ1) is 11.6. The van der Waals surface area contributed by atoms with Gasteiger partial charge in [-0.25, -0.2) is 0 Å². The van der Waals surface area contributed by atoms with Gasteiger partial charge in [-0.05, 0) is 37.3 Å². The first-order valence-electron chi connectivity index (χ1n) is 7.34. The van der Waals surface area contributed by atoms with Crippen LogP contribution >= 0.6 is 11.8 Å². The minimum absolute atomic E-state index is 0.0302. The maximum absolute atomic E-state index is 11.6. The quantitative estimate of drug-likeness (QED) is 0.503. The number of hydrogen-bond acceptors (Lipinski definition) is 6. The summed E-state index contributed by atoms with van der Waals surface area (Å²) in [5.41, 5.74) is 1.61. The fraction of sp³-hybridized carbons (Fsp3) is 0.235. The summed E-state index contributed by atoms with van der Waals surface area (Å²) in [6, 6.07) is 9.11. The van der Waals surface area contributed by atoms with Crippen molar-refractivity contribution in [3.05, 3.63) is 47.7 Å². The van der Waals surface area contributed by atoms with Gasteiger partial charge < -0.3 is 13.7 Å². The average Bonchev–Trinajstić information content (AvgIpc) is 3.22. The van der Waals surface area contributed by atoms with Crippen LogP contribution in [0.3, 0.4) is 0 Å². The third kappa shape index (κ3) is 3.21. The molecular weight excluding hydrogens is 326 g/mol. The summed E-state index contributed by atoms with van der Waals surface area (Å²) >= 11 is 1.52. The Morgan fingerprint density at radius 2 is 2.17 bits per heavy atom. The summed E-state index contributed by atoms with van der Waals surface area (Å²) in [7, 11) is 3.51. The lowest BCUT2D eigenvalue weighted by Crippen LogP contribution is -1.98. The molecule has 0 saturated carbocycles. The molecule has 0 N–H and O–H groups in total. The summed E-state index contributed by atoms with van der Waals surface area (Å²) in [4.78, 5) is 11.6. The number of Topliss-reactive ketones (excluding diaryl/α,β-unsaturated/α-hetero) is 1. The maximum atomic E-state index is 11.6. The number of benzene rings is 1. The first-order valence-corrected chi connectivity index (χ1v) is 8.32. The van der Waals surface area contributed by atoms with E-state index < -0.39 is 0 Å². The molecule has 1 aromatic carbocycles. The van der Waals surface area contributed by atoms with Gasteiger partial charge in [-0.3, -0.25) is 4.79 Å². The van der Waals surface area contributed by atoms with E-state index in [9.17, 15) is 4.79 Å². The second-order valence-corrected chi connectivity index (χ2v) is 6.16. The number of hydrogen-bond donors (Lipinski definition) is 0. The van der Waals surface area contributed by atoms with Crippen LogP contribution in [0.15, 0.2) is 46.2 Å². The number of carbonyl (C=O) groups is 1. The van der Waals surface area contributed by atoms with Crippen molar-refractivity contribution in [3.8, 4) is 17.3 Å². The topological polar surface area (TPSA) is 70.2 Å². The Hall–Kier alpha value is -2.54. The molecule has 124 valence electrons. The fourth-order valence-electron chi connectivity index (χ4n) is 2.31. The van der Waals surface area contributed by atoms with E-state index >= 15 is 0 Å². The minimum atomic E-state index is 0.0302. The molecule has 0 atom stereocenters. The second-order valence-electron chi connectivity index (χ2n) is 5.21. The number of thioether (sulfide) groups is 1. The predicted molar refractivity (Wildman–Crippen MR) is 91.3 cm³/mol. The Kier molecular flexibility index (Phi) is 4.71. The van der Waals surface area contributed by atoms with Crippen LogP contribution < -0.4 is 4.74 Å². The molecule has 0 saturated heterocycles. The minimum Gasteiger partial charge on any atom is -0.496 e. The number of furan rings is 1. The largest absolute Gasteiger partial charge is 0.496 e. The molecule has 0 amide bonds. The monoisotopic (exact) mass is 343 g/mol. The van der Waals surface area contributed by atoms with Gasteiger partial charge in [0.25, 0.3) is 0 Å². The van der Waals surface area contributed by atoms with E-state index in [4.69, 9.17) is 9.15 Å². The number of rotatable bonds is 6. The van der Waals surface area contributed by atoms with Crippen LogP contribution in [0, 0.1) is 0 Å². The summed E-state index contributed by atoms with van der Waals surface area (Å²) in [6.07, 6.45) is 1.61. The smallest absolute Gasteiger partial charge is 0.200 e. The summed E-state index contributed by atoms with van der Waals surface area (Å²) < 4.78 is 12.6. The van der Waals surface area contributed by atoms with Crippen molar-refractivity contribution >= 4 is 17.5 Å². The molecule has 3 aromatic rings. The van der Waals surface area contributed by atoms with Crippen molar-refractivity contribution in [1.29, 1.82) is 0 Å². The zero-order chi connectivity index (χ0) is 17.1. The second kappa shape index (κ2) is 6.92. The molecule has 0 spiro atoms. The molecule has 2 aromatic heterocycles. The molecule has 6 nitrogen and oxygen atoms in total. The zero-order valence-corrected chi connectivity index (χ0v) is 14.5. The van der Waals surface area contributed by atoms with E-state index in [1.54, 1.807) is 26.4 Å². The molecule has 7 heteroatoms. The molecule has 0 radical (unpaired) electrons. The van der Waals surface area contributed by atoms with Crippen molar-refractivity contribution < 1.29 is 13.9 Å². The lowest BCUT2D eigenvalue weighted by atomic mass is 10.1. The van der Waals surface area contributed by atoms with Crippen molar-refractivity contribution in [2.24, 2.45) is 7.05 Å². The number of methoxy groups -OCH3 is 1. The summed E-state index contributed by atoms with van der Waals surface area (Å²) in [5, 5.41) is 9.14. The molecular formula is C17H17N3O3S. The molecule has 0 fully saturated rings. The van der Waals surface area contributed by atoms with Gasteiger partial charge in [0.1, 0.15) is 5.75 Å². The van der Waals surface area contributed by atoms with Gasteiger partial charge in [-0.2, -0.15) is 0 Å². The van der Waals surface area contributed by atoms with E-state index in [2.05, 4.69) is 10.2 Å². The molecule has 0 aliphatic rings. The van der Waals surface area contributed by atoms with Gasteiger partial charge in [0, 0.05) is 23.9 Å². The van der Waals surface area contributed by atoms with Gasteiger partial charge in [0.2, 0.25) is 0 Å². The van der Waals surface area contributed by atoms with Crippen LogP contribution in [-0.2, 0) is 12.8 Å². The Bertz CT molecular complexity index is 856. The van der Waals surface area contributed by atoms with E-state index in [0.29, 0.717) is 22.9 Å². The Balaban J connectivity index is 1.81. The molecule has 0 unspecified atom stereocenters. The Morgan fingerprint density at radius 1 is 1.33 bits per heavy atom. The average molecular weight is 343 g/mol. The third-order valence-corrected chi connectivity index (χ3v) is 4.69. The van der Waals surface area contributed by atoms with Gasteiger partial charge in [0.15, 0.2) is 22.5 Å². The van der Waals surface area contributed by atoms with E-state index in [1.165, 1.54) is 11.8 Å². The molecule has 0 aliphatic carbocycles. The lowest BCUT2D eigenvalue weighted by Gasteiger charge is -2.09. The maximum Gasteiger partial charge on any atom is 0.200 e. The summed E-state index contributed by atoms with van der Waals surface area (Å²) in [5.74, 6) is 2.75. The summed E-state index contributed by atoms with van der Waals surface area (Å²) in [6.45, 7) is 1.55. The van der Waals surface area contributed by atoms with E-state index in [-0.39, 0.29) is 5.78 Å². The highest BCUT2D eigenvalue weighted by molar-refractivity contribution is 7.98.